The first-order chi connectivity index (χ1) is 13.9. The third-order valence-electron chi connectivity index (χ3n) is 4.93. The average Bonchev–Trinajstić information content (AvgIpc) is 3.08. The smallest absolute Gasteiger partial charge is 0.249 e. The molecule has 5 nitrogen and oxygen atoms in total. The lowest BCUT2D eigenvalue weighted by Crippen LogP contribution is -2.23. The molecule has 3 aromatic rings. The summed E-state index contributed by atoms with van der Waals surface area (Å²) < 4.78 is 46.5. The summed E-state index contributed by atoms with van der Waals surface area (Å²) in [6, 6.07) is 4.66. The molecule has 0 saturated carbocycles. The number of nitrogens with two attached hydrogens (primary N) is 1. The average molecular weight is 401 g/mol. The highest BCUT2D eigenvalue weighted by molar-refractivity contribution is 5.95. The Morgan fingerprint density at radius 3 is 2.83 bits per heavy atom. The molecule has 4 N–H and O–H groups in total. The summed E-state index contributed by atoms with van der Waals surface area (Å²) in [5, 5.41) is 3.71. The van der Waals surface area contributed by atoms with Gasteiger partial charge in [-0.15, -0.1) is 0 Å². The fourth-order valence-electron chi connectivity index (χ4n) is 3.54. The van der Waals surface area contributed by atoms with E-state index in [-0.39, 0.29) is 23.3 Å². The molecule has 8 heteroatoms. The number of hydrogen-bond acceptors (Lipinski definition) is 3. The molecule has 1 amide bonds. The Morgan fingerprint density at radius 1 is 1.21 bits per heavy atom. The van der Waals surface area contributed by atoms with E-state index in [0.717, 1.165) is 17.7 Å². The zero-order valence-electron chi connectivity index (χ0n) is 15.3. The van der Waals surface area contributed by atoms with Crippen molar-refractivity contribution in [2.45, 2.75) is 19.3 Å². The number of carbonyl (C=O) groups excluding carboxylic acids is 1. The Morgan fingerprint density at radius 2 is 2.03 bits per heavy atom. The lowest BCUT2D eigenvalue weighted by Gasteiger charge is -2.21. The molecular weight excluding hydrogens is 383 g/mol. The molecule has 1 aliphatic rings. The van der Waals surface area contributed by atoms with Gasteiger partial charge in [0.25, 0.3) is 0 Å². The van der Waals surface area contributed by atoms with Crippen molar-refractivity contribution in [3.05, 3.63) is 76.6 Å². The summed E-state index contributed by atoms with van der Waals surface area (Å²) in [4.78, 5) is 14.4. The minimum Gasteiger partial charge on any atom is -0.460 e. The SMILES string of the molecule is NC(=O)c1ccc(F)c2c1CC(NCCCc1c[nH]c3c(F)cc(F)cc13)=CO2. The number of aryl methyl sites for hydroxylation is 1. The number of allylic oxidation sites excluding steroid dienone is 1. The van der Waals surface area contributed by atoms with Crippen LogP contribution in [0.15, 0.2) is 42.4 Å². The molecule has 0 aliphatic carbocycles. The fourth-order valence-corrected chi connectivity index (χ4v) is 3.54. The predicted molar refractivity (Wildman–Crippen MR) is 102 cm³/mol. The van der Waals surface area contributed by atoms with Crippen molar-refractivity contribution in [3.63, 3.8) is 0 Å². The number of benzene rings is 2. The highest BCUT2D eigenvalue weighted by Crippen LogP contribution is 2.31. The van der Waals surface area contributed by atoms with Crippen molar-refractivity contribution in [2.75, 3.05) is 6.54 Å². The van der Waals surface area contributed by atoms with E-state index < -0.39 is 23.4 Å². The number of H-pyrrole nitrogens is 1. The highest BCUT2D eigenvalue weighted by Gasteiger charge is 2.22. The third-order valence-corrected chi connectivity index (χ3v) is 4.93. The van der Waals surface area contributed by atoms with Gasteiger partial charge in [0.2, 0.25) is 5.91 Å². The van der Waals surface area contributed by atoms with Gasteiger partial charge >= 0.3 is 0 Å². The first-order valence-electron chi connectivity index (χ1n) is 9.10. The largest absolute Gasteiger partial charge is 0.460 e. The van der Waals surface area contributed by atoms with Crippen LogP contribution in [0.3, 0.4) is 0 Å². The Kier molecular flexibility index (Phi) is 4.92. The summed E-state index contributed by atoms with van der Waals surface area (Å²) >= 11 is 0. The molecule has 0 unspecified atom stereocenters. The number of primary amides is 1. The maximum Gasteiger partial charge on any atom is 0.249 e. The maximum absolute atomic E-state index is 13.9. The number of carbonyl (C=O) groups is 1. The summed E-state index contributed by atoms with van der Waals surface area (Å²) in [6.07, 6.45) is 4.65. The van der Waals surface area contributed by atoms with Gasteiger partial charge in [-0.1, -0.05) is 0 Å². The Hall–Kier alpha value is -3.42. The van der Waals surface area contributed by atoms with Crippen LogP contribution in [-0.2, 0) is 12.8 Å². The van der Waals surface area contributed by atoms with Crippen LogP contribution in [0.5, 0.6) is 5.75 Å². The number of amides is 1. The lowest BCUT2D eigenvalue weighted by atomic mass is 9.99. The van der Waals surface area contributed by atoms with E-state index in [1.54, 1.807) is 6.20 Å². The lowest BCUT2D eigenvalue weighted by molar-refractivity contribution is 0.0999. The summed E-state index contributed by atoms with van der Waals surface area (Å²) in [5.41, 5.74) is 7.78. The van der Waals surface area contributed by atoms with E-state index in [9.17, 15) is 18.0 Å². The molecule has 0 spiro atoms. The van der Waals surface area contributed by atoms with Crippen molar-refractivity contribution in [1.82, 2.24) is 10.3 Å². The number of nitrogens with one attached hydrogen (secondary N) is 2. The number of fused-ring (bicyclic) bond motifs is 2. The van der Waals surface area contributed by atoms with Crippen molar-refractivity contribution >= 4 is 16.8 Å². The molecule has 0 radical (unpaired) electrons. The number of ether oxygens (including phenoxy) is 1. The van der Waals surface area contributed by atoms with Gasteiger partial charge < -0.3 is 20.8 Å². The number of aromatic nitrogens is 1. The van der Waals surface area contributed by atoms with Crippen molar-refractivity contribution in [3.8, 4) is 5.75 Å². The summed E-state index contributed by atoms with van der Waals surface area (Å²) in [6.45, 7) is 0.552. The molecule has 150 valence electrons. The minimum atomic E-state index is -0.648. The topological polar surface area (TPSA) is 80.1 Å². The van der Waals surface area contributed by atoms with Crippen LogP contribution in [0.4, 0.5) is 13.2 Å². The molecule has 0 saturated heterocycles. The van der Waals surface area contributed by atoms with E-state index in [2.05, 4.69) is 10.3 Å². The van der Waals surface area contributed by atoms with Crippen molar-refractivity contribution in [1.29, 1.82) is 0 Å². The van der Waals surface area contributed by atoms with E-state index in [0.29, 0.717) is 36.0 Å². The first-order valence-corrected chi connectivity index (χ1v) is 9.10. The highest BCUT2D eigenvalue weighted by atomic mass is 19.1. The number of hydrogen-bond donors (Lipinski definition) is 3. The van der Waals surface area contributed by atoms with E-state index >= 15 is 0 Å². The van der Waals surface area contributed by atoms with Gasteiger partial charge in [-0.05, 0) is 36.6 Å². The van der Waals surface area contributed by atoms with Crippen LogP contribution in [0.2, 0.25) is 0 Å². The molecule has 29 heavy (non-hydrogen) atoms. The predicted octanol–water partition coefficient (Wildman–Crippen LogP) is 3.68. The molecule has 0 atom stereocenters. The summed E-state index contributed by atoms with van der Waals surface area (Å²) in [7, 11) is 0. The summed E-state index contributed by atoms with van der Waals surface area (Å²) in [5.74, 6) is -2.43. The molecule has 1 aliphatic heterocycles. The quantitative estimate of drug-likeness (QED) is 0.551. The second-order valence-electron chi connectivity index (χ2n) is 6.86. The van der Waals surface area contributed by atoms with Gasteiger partial charge in [0.15, 0.2) is 11.6 Å². The maximum atomic E-state index is 13.9. The molecule has 2 aromatic carbocycles. The van der Waals surface area contributed by atoms with Crippen LogP contribution in [-0.4, -0.2) is 17.4 Å². The fraction of sp³-hybridized carbons (Fsp3) is 0.190. The van der Waals surface area contributed by atoms with Crippen LogP contribution in [0.25, 0.3) is 10.9 Å². The molecular formula is C21H18F3N3O2. The zero-order valence-corrected chi connectivity index (χ0v) is 15.3. The third kappa shape index (κ3) is 3.65. The normalized spacial score (nSPS) is 13.0. The van der Waals surface area contributed by atoms with Crippen LogP contribution < -0.4 is 15.8 Å². The monoisotopic (exact) mass is 401 g/mol. The van der Waals surface area contributed by atoms with Gasteiger partial charge in [0.1, 0.15) is 17.9 Å². The molecule has 0 fully saturated rings. The number of aromatic amines is 1. The molecule has 2 heterocycles. The Bertz CT molecular complexity index is 1140. The van der Waals surface area contributed by atoms with E-state index in [1.807, 2.05) is 0 Å². The molecule has 0 bridgehead atoms. The Labute approximate surface area is 164 Å². The Balaban J connectivity index is 1.39. The number of halogens is 3. The minimum absolute atomic E-state index is 0.00898. The van der Waals surface area contributed by atoms with Gasteiger partial charge in [-0.2, -0.15) is 0 Å². The number of rotatable bonds is 6. The van der Waals surface area contributed by atoms with Crippen molar-refractivity contribution < 1.29 is 22.7 Å². The van der Waals surface area contributed by atoms with Gasteiger partial charge in [-0.3, -0.25) is 4.79 Å². The van der Waals surface area contributed by atoms with Crippen LogP contribution in [0, 0.1) is 17.5 Å². The second-order valence-corrected chi connectivity index (χ2v) is 6.86. The van der Waals surface area contributed by atoms with Gasteiger partial charge in [-0.25, -0.2) is 13.2 Å². The van der Waals surface area contributed by atoms with E-state index in [4.69, 9.17) is 10.5 Å². The zero-order chi connectivity index (χ0) is 20.5. The second kappa shape index (κ2) is 7.54. The van der Waals surface area contributed by atoms with Crippen LogP contribution >= 0.6 is 0 Å². The first kappa shape index (κ1) is 18.9. The molecule has 1 aromatic heterocycles. The van der Waals surface area contributed by atoms with Crippen LogP contribution in [0.1, 0.15) is 27.9 Å². The molecule has 4 rings (SSSR count). The van der Waals surface area contributed by atoms with Gasteiger partial charge in [0.05, 0.1) is 11.2 Å². The van der Waals surface area contributed by atoms with Crippen molar-refractivity contribution in [2.24, 2.45) is 5.73 Å². The van der Waals surface area contributed by atoms with Gasteiger partial charge in [0, 0.05) is 41.7 Å². The standard InChI is InChI=1S/C21H18F3N3O2/c22-12-6-15-11(9-27-19(15)18(24)7-12)2-1-5-26-13-8-16-14(21(25)28)3-4-17(23)20(16)29-10-13/h3-4,6-7,9-10,26-27H,1-2,5,8H2,(H2,25,28). The van der Waals surface area contributed by atoms with E-state index in [1.165, 1.54) is 18.4 Å².